The molecule has 0 amide bonds. The number of methoxy groups -OCH3 is 2. The molecule has 7 heteroatoms. The number of likely N-dealkylation sites (N-methyl/N-ethyl adjacent to an activating group) is 1. The summed E-state index contributed by atoms with van der Waals surface area (Å²) in [5.41, 5.74) is 2.53. The summed E-state index contributed by atoms with van der Waals surface area (Å²) in [6.45, 7) is 8.56. The average Bonchev–Trinajstić information content (AvgIpc) is 3.57. The topological polar surface area (TPSA) is 64.6 Å². The van der Waals surface area contributed by atoms with Gasteiger partial charge in [-0.1, -0.05) is 19.1 Å². The van der Waals surface area contributed by atoms with Gasteiger partial charge in [0.15, 0.2) is 0 Å². The normalized spacial score (nSPS) is 34.2. The fourth-order valence-electron chi connectivity index (χ4n) is 5.51. The lowest BCUT2D eigenvalue weighted by molar-refractivity contribution is -0.00732. The van der Waals surface area contributed by atoms with Crippen LogP contribution in [0.5, 0.6) is 0 Å². The van der Waals surface area contributed by atoms with E-state index in [2.05, 4.69) is 49.0 Å². The summed E-state index contributed by atoms with van der Waals surface area (Å²) in [4.78, 5) is 6.94. The molecule has 1 fully saturated rings. The minimum absolute atomic E-state index is 0.0896. The Labute approximate surface area is 204 Å². The Morgan fingerprint density at radius 3 is 2.74 bits per heavy atom. The number of nitrogens with one attached hydrogen (secondary N) is 1. The summed E-state index contributed by atoms with van der Waals surface area (Å²) < 4.78 is 22.6. The first kappa shape index (κ1) is 25.0. The molecule has 34 heavy (non-hydrogen) atoms. The first-order valence-electron chi connectivity index (χ1n) is 12.6. The van der Waals surface area contributed by atoms with Gasteiger partial charge in [0, 0.05) is 39.0 Å². The van der Waals surface area contributed by atoms with E-state index in [4.69, 9.17) is 23.9 Å². The molecule has 1 heterocycles. The van der Waals surface area contributed by atoms with Crippen LogP contribution < -0.4 is 5.32 Å². The minimum Gasteiger partial charge on any atom is -0.493 e. The summed E-state index contributed by atoms with van der Waals surface area (Å²) in [5.74, 6) is 4.61. The molecule has 4 aliphatic rings. The van der Waals surface area contributed by atoms with E-state index in [0.29, 0.717) is 38.3 Å². The fraction of sp³-hybridized carbons (Fsp3) is 0.667. The Hall–Kier alpha value is -2.09. The minimum atomic E-state index is -0.163. The molecule has 188 valence electrons. The van der Waals surface area contributed by atoms with Gasteiger partial charge in [0.2, 0.25) is 0 Å². The second kappa shape index (κ2) is 11.6. The molecule has 1 saturated carbocycles. The van der Waals surface area contributed by atoms with Gasteiger partial charge < -0.3 is 29.2 Å². The first-order valence-corrected chi connectivity index (χ1v) is 12.6. The van der Waals surface area contributed by atoms with E-state index < -0.39 is 0 Å². The summed E-state index contributed by atoms with van der Waals surface area (Å²) >= 11 is 0. The summed E-state index contributed by atoms with van der Waals surface area (Å²) in [5, 5.41) is 3.73. The molecule has 4 rings (SSSR count). The Balaban J connectivity index is 1.54. The highest BCUT2D eigenvalue weighted by molar-refractivity contribution is 5.62. The molecular formula is C27H41N3O4. The smallest absolute Gasteiger partial charge is 0.133 e. The van der Waals surface area contributed by atoms with Gasteiger partial charge in [-0.15, -0.1) is 6.58 Å². The standard InChI is InChI=1S/C27H41N3O4/c1-6-21-18(2)7-8-20(13-19-14-22(19)21)29-27-23-15-25(33-11-9-31-4)26(34-12-10-32-5)16-24(23)30(3)17-28-27/h6,8,16-19,21-22,24-25,29H,1,7,9-15H2,2-5H3/b20-8+. The third-order valence-electron chi connectivity index (χ3n) is 7.57. The lowest BCUT2D eigenvalue weighted by atomic mass is 9.84. The molecule has 1 aliphatic heterocycles. The highest BCUT2D eigenvalue weighted by Gasteiger charge is 2.44. The van der Waals surface area contributed by atoms with Gasteiger partial charge in [-0.05, 0) is 49.0 Å². The largest absolute Gasteiger partial charge is 0.493 e. The second-order valence-corrected chi connectivity index (χ2v) is 9.94. The molecule has 0 bridgehead atoms. The van der Waals surface area contributed by atoms with Crippen molar-refractivity contribution in [1.82, 2.24) is 10.2 Å². The van der Waals surface area contributed by atoms with Crippen LogP contribution in [0, 0.1) is 23.7 Å². The molecule has 0 spiro atoms. The van der Waals surface area contributed by atoms with Crippen molar-refractivity contribution in [2.75, 3.05) is 47.7 Å². The number of hydrogen-bond donors (Lipinski definition) is 1. The van der Waals surface area contributed by atoms with Gasteiger partial charge in [0.25, 0.3) is 0 Å². The fourth-order valence-corrected chi connectivity index (χ4v) is 5.51. The zero-order chi connectivity index (χ0) is 24.1. The molecule has 0 aromatic carbocycles. The average molecular weight is 472 g/mol. The highest BCUT2D eigenvalue weighted by atomic mass is 16.6. The van der Waals surface area contributed by atoms with Crippen LogP contribution in [0.4, 0.5) is 0 Å². The monoisotopic (exact) mass is 471 g/mol. The van der Waals surface area contributed by atoms with Gasteiger partial charge in [0.05, 0.1) is 32.2 Å². The number of rotatable bonds is 11. The van der Waals surface area contributed by atoms with E-state index >= 15 is 0 Å². The van der Waals surface area contributed by atoms with Crippen LogP contribution in [0.1, 0.15) is 32.6 Å². The van der Waals surface area contributed by atoms with Crippen LogP contribution in [0.25, 0.3) is 0 Å². The molecule has 6 atom stereocenters. The van der Waals surface area contributed by atoms with Crippen molar-refractivity contribution in [2.24, 2.45) is 28.7 Å². The van der Waals surface area contributed by atoms with Gasteiger partial charge in [-0.25, -0.2) is 4.99 Å². The number of aliphatic imine (C=N–C) groups is 1. The van der Waals surface area contributed by atoms with Crippen molar-refractivity contribution in [2.45, 2.75) is 44.8 Å². The lowest BCUT2D eigenvalue weighted by Gasteiger charge is -2.38. The number of fused-ring (bicyclic) bond motifs is 2. The molecule has 0 saturated heterocycles. The zero-order valence-corrected chi connectivity index (χ0v) is 21.2. The molecule has 0 aromatic heterocycles. The number of ether oxygens (including phenoxy) is 4. The van der Waals surface area contributed by atoms with Crippen molar-refractivity contribution in [3.05, 3.63) is 47.7 Å². The van der Waals surface area contributed by atoms with Crippen LogP contribution in [0.15, 0.2) is 52.6 Å². The van der Waals surface area contributed by atoms with Crippen LogP contribution >= 0.6 is 0 Å². The molecule has 0 radical (unpaired) electrons. The van der Waals surface area contributed by atoms with Gasteiger partial charge in [-0.3, -0.25) is 0 Å². The van der Waals surface area contributed by atoms with E-state index in [1.807, 2.05) is 6.34 Å². The number of hydrogen-bond acceptors (Lipinski definition) is 7. The van der Waals surface area contributed by atoms with Crippen molar-refractivity contribution in [3.8, 4) is 0 Å². The molecule has 6 unspecified atom stereocenters. The lowest BCUT2D eigenvalue weighted by Crippen LogP contribution is -2.42. The van der Waals surface area contributed by atoms with Crippen molar-refractivity contribution >= 4 is 6.34 Å². The van der Waals surface area contributed by atoms with Crippen molar-refractivity contribution in [1.29, 1.82) is 0 Å². The Kier molecular flexibility index (Phi) is 8.51. The number of nitrogens with zero attached hydrogens (tertiary/aromatic N) is 2. The van der Waals surface area contributed by atoms with Crippen molar-refractivity contribution < 1.29 is 18.9 Å². The Morgan fingerprint density at radius 1 is 1.18 bits per heavy atom. The van der Waals surface area contributed by atoms with Gasteiger partial charge >= 0.3 is 0 Å². The van der Waals surface area contributed by atoms with Crippen LogP contribution in [0.3, 0.4) is 0 Å². The van der Waals surface area contributed by atoms with E-state index in [0.717, 1.165) is 42.7 Å². The van der Waals surface area contributed by atoms with Gasteiger partial charge in [-0.2, -0.15) is 0 Å². The highest BCUT2D eigenvalue weighted by Crippen LogP contribution is 2.52. The number of allylic oxidation sites excluding steroid dienone is 3. The molecule has 7 nitrogen and oxygen atoms in total. The predicted molar refractivity (Wildman–Crippen MR) is 134 cm³/mol. The van der Waals surface area contributed by atoms with Crippen LogP contribution in [-0.4, -0.2) is 71.1 Å². The zero-order valence-electron chi connectivity index (χ0n) is 21.2. The molecular weight excluding hydrogens is 430 g/mol. The molecule has 3 aliphatic carbocycles. The SMILES string of the molecule is C=CC1C(C)C/C=C(/NC2=C3CC(OCCOC)C(OCCOC)=CC3N(C)C=N2)CC2CC21. The van der Waals surface area contributed by atoms with Crippen molar-refractivity contribution in [3.63, 3.8) is 0 Å². The summed E-state index contributed by atoms with van der Waals surface area (Å²) in [7, 11) is 5.43. The Bertz CT molecular complexity index is 849. The quantitative estimate of drug-likeness (QED) is 0.365. The predicted octanol–water partition coefficient (Wildman–Crippen LogP) is 3.86. The Morgan fingerprint density at radius 2 is 1.97 bits per heavy atom. The maximum atomic E-state index is 6.17. The van der Waals surface area contributed by atoms with E-state index in [9.17, 15) is 0 Å². The van der Waals surface area contributed by atoms with E-state index in [1.54, 1.807) is 14.2 Å². The van der Waals surface area contributed by atoms with Crippen LogP contribution in [0.2, 0.25) is 0 Å². The summed E-state index contributed by atoms with van der Waals surface area (Å²) in [6, 6.07) is 0.0896. The third-order valence-corrected chi connectivity index (χ3v) is 7.57. The van der Waals surface area contributed by atoms with Crippen LogP contribution in [-0.2, 0) is 18.9 Å². The second-order valence-electron chi connectivity index (χ2n) is 9.94. The maximum Gasteiger partial charge on any atom is 0.133 e. The van der Waals surface area contributed by atoms with Gasteiger partial charge in [0.1, 0.15) is 24.3 Å². The third kappa shape index (κ3) is 5.75. The molecule has 0 aromatic rings. The first-order chi connectivity index (χ1) is 16.5. The van der Waals surface area contributed by atoms with E-state index in [1.165, 1.54) is 17.7 Å². The molecule has 1 N–H and O–H groups in total. The maximum absolute atomic E-state index is 6.17. The summed E-state index contributed by atoms with van der Waals surface area (Å²) in [6.07, 6.45) is 12.7. The van der Waals surface area contributed by atoms with E-state index in [-0.39, 0.29) is 12.1 Å².